The van der Waals surface area contributed by atoms with E-state index in [4.69, 9.17) is 0 Å². The van der Waals surface area contributed by atoms with Gasteiger partial charge in [-0.25, -0.2) is 4.39 Å². The first-order chi connectivity index (χ1) is 8.20. The summed E-state index contributed by atoms with van der Waals surface area (Å²) in [4.78, 5) is 5.37. The molecular weight excluding hydrogens is 303 g/mol. The number of likely N-dealkylation sites (N-methyl/N-ethyl adjacent to an activating group) is 1. The maximum Gasteiger partial charge on any atom is 0.141 e. The van der Waals surface area contributed by atoms with E-state index in [0.29, 0.717) is 0 Å². The van der Waals surface area contributed by atoms with Crippen molar-refractivity contribution in [3.05, 3.63) is 50.6 Å². The van der Waals surface area contributed by atoms with Crippen molar-refractivity contribution in [3.63, 3.8) is 0 Å². The molecule has 1 unspecified atom stereocenters. The standard InChI is InChI=1S/C12H12BrFN2S/c1-15-11(6-12-9(13)4-5-17-12)10-3-2-8(14)7-16-10/h2-5,7,11,15H,6H2,1H3. The van der Waals surface area contributed by atoms with Crippen molar-refractivity contribution < 1.29 is 4.39 Å². The van der Waals surface area contributed by atoms with Gasteiger partial charge in [-0.1, -0.05) is 0 Å². The Morgan fingerprint density at radius 1 is 1.47 bits per heavy atom. The zero-order chi connectivity index (χ0) is 12.3. The molecule has 0 aromatic carbocycles. The minimum absolute atomic E-state index is 0.102. The Kier molecular flexibility index (Phi) is 4.25. The number of rotatable bonds is 4. The van der Waals surface area contributed by atoms with Crippen LogP contribution in [0.5, 0.6) is 0 Å². The van der Waals surface area contributed by atoms with Crippen LogP contribution in [-0.4, -0.2) is 12.0 Å². The van der Waals surface area contributed by atoms with Crippen LogP contribution in [0.4, 0.5) is 4.39 Å². The lowest BCUT2D eigenvalue weighted by Crippen LogP contribution is -2.19. The molecular formula is C12H12BrFN2S. The second-order valence-corrected chi connectivity index (χ2v) is 5.49. The first kappa shape index (κ1) is 12.7. The first-order valence-corrected chi connectivity index (χ1v) is 6.88. The molecule has 0 aliphatic heterocycles. The number of nitrogens with zero attached hydrogens (tertiary/aromatic N) is 1. The second-order valence-electron chi connectivity index (χ2n) is 3.64. The average molecular weight is 315 g/mol. The number of nitrogens with one attached hydrogen (secondary N) is 1. The summed E-state index contributed by atoms with van der Waals surface area (Å²) in [5, 5.41) is 5.25. The van der Waals surface area contributed by atoms with Gasteiger partial charge in [0.05, 0.1) is 17.9 Å². The lowest BCUT2D eigenvalue weighted by Gasteiger charge is -2.14. The summed E-state index contributed by atoms with van der Waals surface area (Å²) in [6.07, 6.45) is 2.09. The number of pyridine rings is 1. The van der Waals surface area contributed by atoms with E-state index in [-0.39, 0.29) is 11.9 Å². The Morgan fingerprint density at radius 3 is 2.82 bits per heavy atom. The van der Waals surface area contributed by atoms with Gasteiger partial charge in [0.1, 0.15) is 5.82 Å². The number of thiophene rings is 1. The molecule has 0 saturated carbocycles. The van der Waals surface area contributed by atoms with E-state index in [0.717, 1.165) is 16.6 Å². The summed E-state index contributed by atoms with van der Waals surface area (Å²) >= 11 is 5.21. The number of aromatic nitrogens is 1. The minimum atomic E-state index is -0.305. The summed E-state index contributed by atoms with van der Waals surface area (Å²) in [6.45, 7) is 0. The molecule has 0 saturated heterocycles. The zero-order valence-corrected chi connectivity index (χ0v) is 11.7. The molecule has 1 atom stereocenters. The third-order valence-electron chi connectivity index (χ3n) is 2.54. The van der Waals surface area contributed by atoms with Gasteiger partial charge in [0.2, 0.25) is 0 Å². The van der Waals surface area contributed by atoms with E-state index in [1.165, 1.54) is 17.1 Å². The summed E-state index contributed by atoms with van der Waals surface area (Å²) < 4.78 is 13.9. The van der Waals surface area contributed by atoms with Crippen molar-refractivity contribution in [2.24, 2.45) is 0 Å². The molecule has 0 amide bonds. The van der Waals surface area contributed by atoms with Crippen molar-refractivity contribution in [3.8, 4) is 0 Å². The molecule has 2 aromatic rings. The highest BCUT2D eigenvalue weighted by Gasteiger charge is 2.14. The highest BCUT2D eigenvalue weighted by molar-refractivity contribution is 9.10. The molecule has 2 heterocycles. The van der Waals surface area contributed by atoms with E-state index in [9.17, 15) is 4.39 Å². The van der Waals surface area contributed by atoms with Crippen LogP contribution in [0.3, 0.4) is 0 Å². The van der Waals surface area contributed by atoms with Crippen molar-refractivity contribution in [2.45, 2.75) is 12.5 Å². The average Bonchev–Trinajstić information content (AvgIpc) is 2.73. The van der Waals surface area contributed by atoms with Crippen molar-refractivity contribution in [2.75, 3.05) is 7.05 Å². The van der Waals surface area contributed by atoms with Gasteiger partial charge in [-0.15, -0.1) is 11.3 Å². The van der Waals surface area contributed by atoms with E-state index in [1.54, 1.807) is 17.4 Å². The van der Waals surface area contributed by atoms with E-state index in [1.807, 2.05) is 18.5 Å². The largest absolute Gasteiger partial charge is 0.311 e. The maximum absolute atomic E-state index is 12.8. The lowest BCUT2D eigenvalue weighted by molar-refractivity contribution is 0.568. The van der Waals surface area contributed by atoms with Gasteiger partial charge in [-0.05, 0) is 46.6 Å². The van der Waals surface area contributed by atoms with Crippen molar-refractivity contribution in [1.29, 1.82) is 0 Å². The van der Waals surface area contributed by atoms with Crippen LogP contribution in [0.15, 0.2) is 34.2 Å². The Hall–Kier alpha value is -0.780. The summed E-state index contributed by atoms with van der Waals surface area (Å²) in [5.41, 5.74) is 0.856. The topological polar surface area (TPSA) is 24.9 Å². The molecule has 0 aliphatic rings. The summed E-state index contributed by atoms with van der Waals surface area (Å²) in [7, 11) is 1.89. The Labute approximate surface area is 112 Å². The van der Waals surface area contributed by atoms with Crippen LogP contribution in [-0.2, 0) is 6.42 Å². The van der Waals surface area contributed by atoms with Crippen molar-refractivity contribution in [1.82, 2.24) is 10.3 Å². The molecule has 90 valence electrons. The van der Waals surface area contributed by atoms with Gasteiger partial charge in [-0.3, -0.25) is 4.98 Å². The first-order valence-electron chi connectivity index (χ1n) is 5.21. The SMILES string of the molecule is CNC(Cc1sccc1Br)c1ccc(F)cn1. The molecule has 2 rings (SSSR count). The van der Waals surface area contributed by atoms with Gasteiger partial charge in [-0.2, -0.15) is 0 Å². The molecule has 0 radical (unpaired) electrons. The normalized spacial score (nSPS) is 12.6. The van der Waals surface area contributed by atoms with E-state index < -0.39 is 0 Å². The fourth-order valence-electron chi connectivity index (χ4n) is 1.60. The van der Waals surface area contributed by atoms with Gasteiger partial charge in [0, 0.05) is 15.8 Å². The summed E-state index contributed by atoms with van der Waals surface area (Å²) in [6, 6.07) is 5.30. The van der Waals surface area contributed by atoms with Crippen LogP contribution in [0, 0.1) is 5.82 Å². The molecule has 0 bridgehead atoms. The highest BCUT2D eigenvalue weighted by Crippen LogP contribution is 2.27. The molecule has 2 aromatic heterocycles. The van der Waals surface area contributed by atoms with Gasteiger partial charge in [0.25, 0.3) is 0 Å². The predicted octanol–water partition coefficient (Wildman–Crippen LogP) is 3.55. The molecule has 1 N–H and O–H groups in total. The zero-order valence-electron chi connectivity index (χ0n) is 9.28. The van der Waals surface area contributed by atoms with Gasteiger partial charge < -0.3 is 5.32 Å². The lowest BCUT2D eigenvalue weighted by atomic mass is 10.1. The molecule has 0 fully saturated rings. The summed E-state index contributed by atoms with van der Waals surface area (Å²) in [5.74, 6) is -0.305. The molecule has 2 nitrogen and oxygen atoms in total. The number of hydrogen-bond donors (Lipinski definition) is 1. The van der Waals surface area contributed by atoms with Crippen molar-refractivity contribution >= 4 is 27.3 Å². The Balaban J connectivity index is 2.17. The smallest absolute Gasteiger partial charge is 0.141 e. The highest BCUT2D eigenvalue weighted by atomic mass is 79.9. The molecule has 5 heteroatoms. The van der Waals surface area contributed by atoms with E-state index in [2.05, 4.69) is 26.2 Å². The van der Waals surface area contributed by atoms with Crippen LogP contribution < -0.4 is 5.32 Å². The van der Waals surface area contributed by atoms with Gasteiger partial charge in [0.15, 0.2) is 0 Å². The predicted molar refractivity (Wildman–Crippen MR) is 71.7 cm³/mol. The van der Waals surface area contributed by atoms with Crippen LogP contribution >= 0.6 is 27.3 Å². The van der Waals surface area contributed by atoms with E-state index >= 15 is 0 Å². The minimum Gasteiger partial charge on any atom is -0.311 e. The van der Waals surface area contributed by atoms with Crippen LogP contribution in [0.1, 0.15) is 16.6 Å². The maximum atomic E-state index is 12.8. The van der Waals surface area contributed by atoms with Crippen LogP contribution in [0.2, 0.25) is 0 Å². The quantitative estimate of drug-likeness (QED) is 0.933. The monoisotopic (exact) mass is 314 g/mol. The fourth-order valence-corrected chi connectivity index (χ4v) is 3.17. The molecule has 0 spiro atoms. The third kappa shape index (κ3) is 3.12. The fraction of sp³-hybridized carbons (Fsp3) is 0.250. The number of hydrogen-bond acceptors (Lipinski definition) is 3. The third-order valence-corrected chi connectivity index (χ3v) is 4.48. The second kappa shape index (κ2) is 5.71. The Morgan fingerprint density at radius 2 is 2.29 bits per heavy atom. The van der Waals surface area contributed by atoms with Crippen LogP contribution in [0.25, 0.3) is 0 Å². The molecule has 17 heavy (non-hydrogen) atoms. The Bertz CT molecular complexity index is 484. The molecule has 0 aliphatic carbocycles. The van der Waals surface area contributed by atoms with Gasteiger partial charge >= 0.3 is 0 Å². The number of halogens is 2.